The van der Waals surface area contributed by atoms with E-state index in [1.165, 1.54) is 38.5 Å². The SMILES string of the molecule is CC1CC(C)CC(BC2CC(C)CCC2C)C1. The average Bonchev–Trinajstić information content (AvgIpc) is 2.22. The summed E-state index contributed by atoms with van der Waals surface area (Å²) in [6.45, 7) is 9.91. The van der Waals surface area contributed by atoms with Crippen LogP contribution in [-0.4, -0.2) is 7.28 Å². The van der Waals surface area contributed by atoms with Gasteiger partial charge in [0.1, 0.15) is 7.28 Å². The van der Waals surface area contributed by atoms with E-state index in [2.05, 4.69) is 27.7 Å². The molecule has 1 heteroatoms. The maximum absolute atomic E-state index is 2.51. The van der Waals surface area contributed by atoms with Crippen molar-refractivity contribution >= 4 is 7.28 Å². The van der Waals surface area contributed by atoms with Gasteiger partial charge in [-0.2, -0.15) is 0 Å². The van der Waals surface area contributed by atoms with E-state index in [-0.39, 0.29) is 0 Å². The molecule has 17 heavy (non-hydrogen) atoms. The Morgan fingerprint density at radius 2 is 1.35 bits per heavy atom. The van der Waals surface area contributed by atoms with Gasteiger partial charge in [0.25, 0.3) is 0 Å². The van der Waals surface area contributed by atoms with E-state index in [4.69, 9.17) is 0 Å². The normalized spacial score (nSPS) is 47.8. The van der Waals surface area contributed by atoms with Crippen molar-refractivity contribution in [2.24, 2.45) is 23.7 Å². The van der Waals surface area contributed by atoms with Gasteiger partial charge < -0.3 is 0 Å². The summed E-state index contributed by atoms with van der Waals surface area (Å²) in [5.74, 6) is 6.06. The zero-order chi connectivity index (χ0) is 12.4. The average molecular weight is 234 g/mol. The zero-order valence-electron chi connectivity index (χ0n) is 12.4. The van der Waals surface area contributed by atoms with Crippen LogP contribution in [0, 0.1) is 23.7 Å². The van der Waals surface area contributed by atoms with Crippen molar-refractivity contribution in [3.8, 4) is 0 Å². The highest BCUT2D eigenvalue weighted by atomic mass is 14.3. The topological polar surface area (TPSA) is 0 Å². The Hall–Kier alpha value is 0.0649. The first-order chi connectivity index (χ1) is 8.04. The van der Waals surface area contributed by atoms with Crippen LogP contribution in [0.1, 0.15) is 66.2 Å². The molecule has 0 amide bonds. The zero-order valence-corrected chi connectivity index (χ0v) is 12.4. The fourth-order valence-corrected chi connectivity index (χ4v) is 4.71. The minimum Gasteiger partial charge on any atom is -0.0649 e. The molecule has 0 N–H and O–H groups in total. The third kappa shape index (κ3) is 3.76. The maximum atomic E-state index is 2.51. The molecule has 0 aromatic carbocycles. The van der Waals surface area contributed by atoms with Crippen LogP contribution in [0.4, 0.5) is 0 Å². The predicted molar refractivity (Wildman–Crippen MR) is 79.0 cm³/mol. The summed E-state index contributed by atoms with van der Waals surface area (Å²) in [7, 11) is 1.54. The molecular weight excluding hydrogens is 203 g/mol. The molecule has 2 saturated carbocycles. The van der Waals surface area contributed by atoms with Crippen molar-refractivity contribution < 1.29 is 0 Å². The molecule has 0 radical (unpaired) electrons. The van der Waals surface area contributed by atoms with E-state index in [9.17, 15) is 0 Å². The molecule has 2 aliphatic rings. The predicted octanol–water partition coefficient (Wildman–Crippen LogP) is 4.91. The van der Waals surface area contributed by atoms with E-state index in [0.717, 1.165) is 35.3 Å². The summed E-state index contributed by atoms with van der Waals surface area (Å²) < 4.78 is 0. The Kier molecular flexibility index (Phi) is 4.61. The van der Waals surface area contributed by atoms with Gasteiger partial charge in [-0.15, -0.1) is 0 Å². The smallest absolute Gasteiger partial charge is 0.0649 e. The third-order valence-electron chi connectivity index (χ3n) is 5.54. The van der Waals surface area contributed by atoms with Gasteiger partial charge in [-0.3, -0.25) is 0 Å². The molecule has 0 heterocycles. The second kappa shape index (κ2) is 5.80. The third-order valence-corrected chi connectivity index (χ3v) is 5.54. The Morgan fingerprint density at radius 1 is 0.706 bits per heavy atom. The molecule has 2 rings (SSSR count). The first-order valence-electron chi connectivity index (χ1n) is 8.04. The molecule has 0 aliphatic heterocycles. The first kappa shape index (κ1) is 13.5. The molecule has 5 atom stereocenters. The van der Waals surface area contributed by atoms with Crippen LogP contribution in [0.15, 0.2) is 0 Å². The highest BCUT2D eigenvalue weighted by Gasteiger charge is 2.31. The maximum Gasteiger partial charge on any atom is 0.127 e. The van der Waals surface area contributed by atoms with E-state index in [1.807, 2.05) is 0 Å². The van der Waals surface area contributed by atoms with Crippen LogP contribution in [0.2, 0.25) is 11.6 Å². The summed E-state index contributed by atoms with van der Waals surface area (Å²) in [6, 6.07) is 0. The summed E-state index contributed by atoms with van der Waals surface area (Å²) >= 11 is 0. The monoisotopic (exact) mass is 234 g/mol. The van der Waals surface area contributed by atoms with Crippen molar-refractivity contribution in [1.82, 2.24) is 0 Å². The van der Waals surface area contributed by atoms with E-state index in [1.54, 1.807) is 7.28 Å². The van der Waals surface area contributed by atoms with Gasteiger partial charge in [-0.05, 0) is 30.1 Å². The molecule has 0 aromatic rings. The van der Waals surface area contributed by atoms with Crippen LogP contribution in [0.25, 0.3) is 0 Å². The van der Waals surface area contributed by atoms with Gasteiger partial charge >= 0.3 is 0 Å². The quantitative estimate of drug-likeness (QED) is 0.595. The first-order valence-corrected chi connectivity index (χ1v) is 8.04. The lowest BCUT2D eigenvalue weighted by Gasteiger charge is -2.38. The van der Waals surface area contributed by atoms with Gasteiger partial charge in [0, 0.05) is 0 Å². The van der Waals surface area contributed by atoms with E-state index < -0.39 is 0 Å². The molecule has 0 saturated heterocycles. The minimum absolute atomic E-state index is 0.986. The number of rotatable bonds is 2. The number of hydrogen-bond acceptors (Lipinski definition) is 0. The van der Waals surface area contributed by atoms with Gasteiger partial charge in [-0.25, -0.2) is 0 Å². The molecular formula is C16H31B. The fraction of sp³-hybridized carbons (Fsp3) is 1.00. The standard InChI is InChI=1S/C16H31B/c1-11-5-6-14(4)16(10-11)17-15-8-12(2)7-13(3)9-15/h11-17H,5-10H2,1-4H3. The van der Waals surface area contributed by atoms with Gasteiger partial charge in [0.2, 0.25) is 0 Å². The van der Waals surface area contributed by atoms with Gasteiger partial charge in [-0.1, -0.05) is 71.4 Å². The molecule has 98 valence electrons. The van der Waals surface area contributed by atoms with Crippen molar-refractivity contribution in [2.45, 2.75) is 77.9 Å². The fourth-order valence-electron chi connectivity index (χ4n) is 4.71. The Bertz CT molecular complexity index is 228. The minimum atomic E-state index is 0.986. The lowest BCUT2D eigenvalue weighted by Crippen LogP contribution is -2.27. The highest BCUT2D eigenvalue weighted by Crippen LogP contribution is 2.43. The van der Waals surface area contributed by atoms with Crippen LogP contribution >= 0.6 is 0 Å². The van der Waals surface area contributed by atoms with E-state index in [0.29, 0.717) is 0 Å². The highest BCUT2D eigenvalue weighted by molar-refractivity contribution is 6.39. The van der Waals surface area contributed by atoms with E-state index >= 15 is 0 Å². The summed E-state index contributed by atoms with van der Waals surface area (Å²) in [4.78, 5) is 0. The van der Waals surface area contributed by atoms with Crippen molar-refractivity contribution in [1.29, 1.82) is 0 Å². The van der Waals surface area contributed by atoms with Gasteiger partial charge in [0.15, 0.2) is 0 Å². The largest absolute Gasteiger partial charge is 0.127 e. The second-order valence-electron chi connectivity index (χ2n) is 7.67. The molecule has 2 fully saturated rings. The molecule has 2 aliphatic carbocycles. The lowest BCUT2D eigenvalue weighted by atomic mass is 9.44. The molecule has 0 bridgehead atoms. The van der Waals surface area contributed by atoms with Crippen molar-refractivity contribution in [3.63, 3.8) is 0 Å². The molecule has 5 unspecified atom stereocenters. The van der Waals surface area contributed by atoms with Crippen molar-refractivity contribution in [2.75, 3.05) is 0 Å². The summed E-state index contributed by atoms with van der Waals surface area (Å²) in [5.41, 5.74) is 0. The van der Waals surface area contributed by atoms with Crippen LogP contribution in [0.3, 0.4) is 0 Å². The molecule has 0 aromatic heterocycles. The van der Waals surface area contributed by atoms with Crippen LogP contribution in [-0.2, 0) is 0 Å². The molecule has 0 nitrogen and oxygen atoms in total. The lowest BCUT2D eigenvalue weighted by molar-refractivity contribution is 0.282. The Balaban J connectivity index is 1.86. The summed E-state index contributed by atoms with van der Waals surface area (Å²) in [5, 5.41) is 0. The Morgan fingerprint density at radius 3 is 2.00 bits per heavy atom. The van der Waals surface area contributed by atoms with Gasteiger partial charge in [0.05, 0.1) is 0 Å². The Labute approximate surface area is 109 Å². The second-order valence-corrected chi connectivity index (χ2v) is 7.67. The van der Waals surface area contributed by atoms with Crippen LogP contribution < -0.4 is 0 Å². The summed E-state index contributed by atoms with van der Waals surface area (Å²) in [6.07, 6.45) is 9.00. The van der Waals surface area contributed by atoms with Crippen molar-refractivity contribution in [3.05, 3.63) is 0 Å². The molecule has 0 spiro atoms. The van der Waals surface area contributed by atoms with Crippen LogP contribution in [0.5, 0.6) is 0 Å². The number of hydrogen-bond donors (Lipinski definition) is 0.